The van der Waals surface area contributed by atoms with E-state index in [1.807, 2.05) is 0 Å². The summed E-state index contributed by atoms with van der Waals surface area (Å²) < 4.78 is 27.5. The molecule has 0 radical (unpaired) electrons. The maximum absolute atomic E-state index is 13.1. The fraction of sp³-hybridized carbons (Fsp3) is 0.0588. The fourth-order valence-electron chi connectivity index (χ4n) is 2.15. The molecule has 9 heteroatoms. The van der Waals surface area contributed by atoms with Gasteiger partial charge >= 0.3 is 0 Å². The van der Waals surface area contributed by atoms with Gasteiger partial charge in [-0.1, -0.05) is 0 Å². The summed E-state index contributed by atoms with van der Waals surface area (Å²) in [6.45, 7) is -0.317. The molecule has 2 N–H and O–H groups in total. The van der Waals surface area contributed by atoms with Crippen molar-refractivity contribution in [2.75, 3.05) is 11.9 Å². The van der Waals surface area contributed by atoms with Gasteiger partial charge in [-0.3, -0.25) is 9.59 Å². The average Bonchev–Trinajstić information content (AvgIpc) is 3.18. The largest absolute Gasteiger partial charge is 0.343 e. The zero-order valence-corrected chi connectivity index (χ0v) is 13.3. The van der Waals surface area contributed by atoms with Crippen molar-refractivity contribution in [2.45, 2.75) is 0 Å². The van der Waals surface area contributed by atoms with Crippen LogP contribution in [0.25, 0.3) is 5.69 Å². The summed E-state index contributed by atoms with van der Waals surface area (Å²) in [4.78, 5) is 27.7. The van der Waals surface area contributed by atoms with Gasteiger partial charge < -0.3 is 10.6 Å². The molecule has 0 spiro atoms. The number of amides is 2. The second-order valence-electron chi connectivity index (χ2n) is 5.25. The van der Waals surface area contributed by atoms with E-state index in [9.17, 15) is 18.4 Å². The first-order chi connectivity index (χ1) is 12.5. The van der Waals surface area contributed by atoms with Gasteiger partial charge in [0.15, 0.2) is 11.6 Å². The van der Waals surface area contributed by atoms with Gasteiger partial charge in [0.1, 0.15) is 12.7 Å². The normalized spacial score (nSPS) is 10.4. The summed E-state index contributed by atoms with van der Waals surface area (Å²) in [6.07, 6.45) is 2.92. The highest BCUT2D eigenvalue weighted by Crippen LogP contribution is 2.13. The third-order valence-corrected chi connectivity index (χ3v) is 3.43. The van der Waals surface area contributed by atoms with Gasteiger partial charge in [0.05, 0.1) is 12.2 Å². The summed E-state index contributed by atoms with van der Waals surface area (Å²) in [5.74, 6) is -3.09. The van der Waals surface area contributed by atoms with E-state index in [4.69, 9.17) is 0 Å². The number of nitrogens with one attached hydrogen (secondary N) is 2. The van der Waals surface area contributed by atoms with Gasteiger partial charge in [-0.15, -0.1) is 0 Å². The van der Waals surface area contributed by atoms with Crippen molar-refractivity contribution >= 4 is 17.5 Å². The molecule has 0 saturated heterocycles. The van der Waals surface area contributed by atoms with E-state index < -0.39 is 23.4 Å². The van der Waals surface area contributed by atoms with E-state index in [0.29, 0.717) is 5.56 Å². The number of hydrogen-bond acceptors (Lipinski definition) is 4. The van der Waals surface area contributed by atoms with Crippen LogP contribution in [0.4, 0.5) is 14.5 Å². The van der Waals surface area contributed by atoms with Crippen LogP contribution in [-0.2, 0) is 4.79 Å². The third kappa shape index (κ3) is 4.07. The molecule has 0 aliphatic carbocycles. The summed E-state index contributed by atoms with van der Waals surface area (Å²) in [5.41, 5.74) is 1.19. The molecule has 132 valence electrons. The van der Waals surface area contributed by atoms with Gasteiger partial charge in [0.25, 0.3) is 5.91 Å². The minimum absolute atomic E-state index is 0.0975. The second kappa shape index (κ2) is 7.51. The number of nitrogens with zero attached hydrogens (tertiary/aromatic N) is 3. The Hall–Kier alpha value is -3.62. The number of rotatable bonds is 5. The van der Waals surface area contributed by atoms with Gasteiger partial charge in [-0.25, -0.2) is 18.4 Å². The number of anilines is 1. The summed E-state index contributed by atoms with van der Waals surface area (Å²) in [7, 11) is 0. The molecule has 3 rings (SSSR count). The zero-order valence-electron chi connectivity index (χ0n) is 13.3. The molecule has 0 fully saturated rings. The van der Waals surface area contributed by atoms with Crippen molar-refractivity contribution in [3.05, 3.63) is 72.3 Å². The van der Waals surface area contributed by atoms with E-state index in [1.165, 1.54) is 23.4 Å². The molecule has 1 heterocycles. The SMILES string of the molecule is O=C(CNC(=O)c1ccc(-n2cncn2)cc1)Nc1ccc(F)c(F)c1. The molecule has 2 aromatic carbocycles. The fourth-order valence-corrected chi connectivity index (χ4v) is 2.15. The highest BCUT2D eigenvalue weighted by Gasteiger charge is 2.10. The molecular weight excluding hydrogens is 344 g/mol. The first kappa shape index (κ1) is 17.2. The van der Waals surface area contributed by atoms with Crippen LogP contribution in [0.1, 0.15) is 10.4 Å². The summed E-state index contributed by atoms with van der Waals surface area (Å²) in [5, 5.41) is 8.79. The summed E-state index contributed by atoms with van der Waals surface area (Å²) in [6, 6.07) is 9.52. The lowest BCUT2D eigenvalue weighted by Crippen LogP contribution is -2.32. The van der Waals surface area contributed by atoms with E-state index in [1.54, 1.807) is 24.3 Å². The van der Waals surface area contributed by atoms with Crippen LogP contribution in [0.5, 0.6) is 0 Å². The Morgan fingerprint density at radius 1 is 1.04 bits per heavy atom. The standard InChI is InChI=1S/C17H13F2N5O2/c18-14-6-3-12(7-15(14)19)23-16(25)8-21-17(26)11-1-4-13(5-2-11)24-10-20-9-22-24/h1-7,9-10H,8H2,(H,21,26)(H,23,25). The average molecular weight is 357 g/mol. The lowest BCUT2D eigenvalue weighted by molar-refractivity contribution is -0.115. The highest BCUT2D eigenvalue weighted by molar-refractivity contribution is 5.99. The molecule has 26 heavy (non-hydrogen) atoms. The Bertz CT molecular complexity index is 927. The van der Waals surface area contributed by atoms with E-state index in [-0.39, 0.29) is 12.2 Å². The Morgan fingerprint density at radius 3 is 2.46 bits per heavy atom. The lowest BCUT2D eigenvalue weighted by Gasteiger charge is -2.08. The van der Waals surface area contributed by atoms with E-state index in [2.05, 4.69) is 20.7 Å². The first-order valence-corrected chi connectivity index (χ1v) is 7.51. The minimum Gasteiger partial charge on any atom is -0.343 e. The maximum atomic E-state index is 13.1. The molecule has 7 nitrogen and oxygen atoms in total. The molecule has 0 bridgehead atoms. The monoisotopic (exact) mass is 357 g/mol. The molecule has 0 aliphatic heterocycles. The number of benzene rings is 2. The molecule has 0 aliphatic rings. The second-order valence-corrected chi connectivity index (χ2v) is 5.25. The minimum atomic E-state index is -1.07. The van der Waals surface area contributed by atoms with Gasteiger partial charge in [-0.05, 0) is 36.4 Å². The predicted molar refractivity (Wildman–Crippen MR) is 88.7 cm³/mol. The molecule has 2 amide bonds. The number of hydrogen-bond donors (Lipinski definition) is 2. The molecule has 0 saturated carbocycles. The van der Waals surface area contributed by atoms with Gasteiger partial charge in [0.2, 0.25) is 5.91 Å². The first-order valence-electron chi connectivity index (χ1n) is 7.51. The third-order valence-electron chi connectivity index (χ3n) is 3.43. The van der Waals surface area contributed by atoms with Crippen molar-refractivity contribution in [3.8, 4) is 5.69 Å². The predicted octanol–water partition coefficient (Wildman–Crippen LogP) is 1.91. The van der Waals surface area contributed by atoms with Crippen LogP contribution in [0, 0.1) is 11.6 Å². The van der Waals surface area contributed by atoms with Crippen LogP contribution in [-0.4, -0.2) is 33.1 Å². The lowest BCUT2D eigenvalue weighted by atomic mass is 10.2. The van der Waals surface area contributed by atoms with Crippen LogP contribution in [0.3, 0.4) is 0 Å². The zero-order chi connectivity index (χ0) is 18.5. The van der Waals surface area contributed by atoms with Gasteiger partial charge in [0, 0.05) is 17.3 Å². The van der Waals surface area contributed by atoms with Crippen molar-refractivity contribution in [3.63, 3.8) is 0 Å². The van der Waals surface area contributed by atoms with Crippen LogP contribution >= 0.6 is 0 Å². The maximum Gasteiger partial charge on any atom is 0.251 e. The molecule has 1 aromatic heterocycles. The number of halogens is 2. The molecule has 0 atom stereocenters. The molecule has 3 aromatic rings. The Morgan fingerprint density at radius 2 is 1.81 bits per heavy atom. The van der Waals surface area contributed by atoms with E-state index >= 15 is 0 Å². The quantitative estimate of drug-likeness (QED) is 0.730. The van der Waals surface area contributed by atoms with Crippen molar-refractivity contribution in [1.82, 2.24) is 20.1 Å². The summed E-state index contributed by atoms with van der Waals surface area (Å²) >= 11 is 0. The van der Waals surface area contributed by atoms with Crippen molar-refractivity contribution in [1.29, 1.82) is 0 Å². The van der Waals surface area contributed by atoms with Crippen molar-refractivity contribution in [2.24, 2.45) is 0 Å². The van der Waals surface area contributed by atoms with Gasteiger partial charge in [-0.2, -0.15) is 5.10 Å². The van der Waals surface area contributed by atoms with Crippen LogP contribution < -0.4 is 10.6 Å². The number of carbonyl (C=O) groups excluding carboxylic acids is 2. The molecular formula is C17H13F2N5O2. The highest BCUT2D eigenvalue weighted by atomic mass is 19.2. The van der Waals surface area contributed by atoms with Crippen LogP contribution in [0.2, 0.25) is 0 Å². The van der Waals surface area contributed by atoms with E-state index in [0.717, 1.165) is 17.8 Å². The molecule has 0 unspecified atom stereocenters. The Balaban J connectivity index is 1.54. The smallest absolute Gasteiger partial charge is 0.251 e. The van der Waals surface area contributed by atoms with Crippen molar-refractivity contribution < 1.29 is 18.4 Å². The topological polar surface area (TPSA) is 88.9 Å². The number of carbonyl (C=O) groups is 2. The Kier molecular flexibility index (Phi) is 4.97. The Labute approximate surface area is 146 Å². The van der Waals surface area contributed by atoms with Crippen LogP contribution in [0.15, 0.2) is 55.1 Å². The number of aromatic nitrogens is 3.